The average Bonchev–Trinajstić information content (AvgIpc) is 3.16. The average molecular weight is 408 g/mol. The molecule has 1 aromatic carbocycles. The standard InChI is InChI=1S/C19H21NO5S2/c1-27(23,24)20-9-2-3-15-11-16(5-6-17(15)20)18(21)12-25-19(22)7-4-14-8-10-26-13-14/h5-6,8,10-11,13H,2-4,7,9,12H2,1H3. The number of nitrogens with zero attached hydrogens (tertiary/aromatic N) is 1. The number of anilines is 1. The molecule has 144 valence electrons. The second kappa shape index (κ2) is 8.22. The van der Waals surface area contributed by atoms with Gasteiger partial charge in [-0.3, -0.25) is 13.9 Å². The molecule has 3 rings (SSSR count). The predicted octanol–water partition coefficient (Wildman–Crippen LogP) is 2.82. The minimum atomic E-state index is -3.34. The first kappa shape index (κ1) is 19.6. The molecule has 8 heteroatoms. The number of Topliss-reactive ketones (excluding diaryl/α,β-unsaturated/α-hetero) is 1. The van der Waals surface area contributed by atoms with Crippen LogP contribution in [0.3, 0.4) is 0 Å². The van der Waals surface area contributed by atoms with E-state index in [-0.39, 0.29) is 18.8 Å². The number of hydrogen-bond acceptors (Lipinski definition) is 6. The van der Waals surface area contributed by atoms with Gasteiger partial charge in [0.1, 0.15) is 0 Å². The first-order valence-electron chi connectivity index (χ1n) is 8.65. The quantitative estimate of drug-likeness (QED) is 0.521. The van der Waals surface area contributed by atoms with E-state index in [1.54, 1.807) is 29.5 Å². The zero-order valence-corrected chi connectivity index (χ0v) is 16.6. The van der Waals surface area contributed by atoms with Crippen LogP contribution in [0, 0.1) is 0 Å². The number of aryl methyl sites for hydroxylation is 2. The molecule has 0 saturated carbocycles. The summed E-state index contributed by atoms with van der Waals surface area (Å²) < 4.78 is 30.2. The highest BCUT2D eigenvalue weighted by molar-refractivity contribution is 7.92. The number of ether oxygens (including phenoxy) is 1. The molecule has 27 heavy (non-hydrogen) atoms. The molecule has 0 saturated heterocycles. The van der Waals surface area contributed by atoms with E-state index in [1.165, 1.54) is 10.6 Å². The monoisotopic (exact) mass is 407 g/mol. The molecular weight excluding hydrogens is 386 g/mol. The van der Waals surface area contributed by atoms with E-state index in [0.29, 0.717) is 37.1 Å². The molecule has 0 spiro atoms. The van der Waals surface area contributed by atoms with E-state index in [2.05, 4.69) is 0 Å². The second-order valence-electron chi connectivity index (χ2n) is 6.50. The lowest BCUT2D eigenvalue weighted by atomic mass is 9.99. The van der Waals surface area contributed by atoms with Crippen molar-refractivity contribution in [1.82, 2.24) is 0 Å². The number of fused-ring (bicyclic) bond motifs is 1. The molecule has 1 aromatic heterocycles. The van der Waals surface area contributed by atoms with Gasteiger partial charge in [-0.05, 0) is 65.4 Å². The Kier molecular flexibility index (Phi) is 5.96. The number of esters is 1. The Morgan fingerprint density at radius 2 is 2.07 bits per heavy atom. The largest absolute Gasteiger partial charge is 0.457 e. The number of thiophene rings is 1. The molecule has 2 aromatic rings. The van der Waals surface area contributed by atoms with Gasteiger partial charge in [0.25, 0.3) is 0 Å². The van der Waals surface area contributed by atoms with Gasteiger partial charge in [-0.2, -0.15) is 11.3 Å². The molecule has 1 aliphatic rings. The van der Waals surface area contributed by atoms with Gasteiger partial charge in [-0.15, -0.1) is 0 Å². The second-order valence-corrected chi connectivity index (χ2v) is 9.18. The van der Waals surface area contributed by atoms with Crippen LogP contribution in [0.5, 0.6) is 0 Å². The lowest BCUT2D eigenvalue weighted by Gasteiger charge is -2.29. The van der Waals surface area contributed by atoms with Crippen LogP contribution in [0.25, 0.3) is 0 Å². The third kappa shape index (κ3) is 4.95. The highest BCUT2D eigenvalue weighted by Crippen LogP contribution is 2.30. The van der Waals surface area contributed by atoms with Crippen molar-refractivity contribution in [3.8, 4) is 0 Å². The van der Waals surface area contributed by atoms with Crippen molar-refractivity contribution in [2.75, 3.05) is 23.7 Å². The maximum atomic E-state index is 12.3. The number of hydrogen-bond donors (Lipinski definition) is 0. The zero-order chi connectivity index (χ0) is 19.4. The van der Waals surface area contributed by atoms with Gasteiger partial charge in [-0.25, -0.2) is 8.42 Å². The van der Waals surface area contributed by atoms with Crippen LogP contribution >= 0.6 is 11.3 Å². The number of rotatable bonds is 7. The van der Waals surface area contributed by atoms with E-state index in [4.69, 9.17) is 4.74 Å². The lowest BCUT2D eigenvalue weighted by Crippen LogP contribution is -2.34. The van der Waals surface area contributed by atoms with Crippen molar-refractivity contribution in [2.45, 2.75) is 25.7 Å². The Hall–Kier alpha value is -2.19. The SMILES string of the molecule is CS(=O)(=O)N1CCCc2cc(C(=O)COC(=O)CCc3ccsc3)ccc21. The fourth-order valence-corrected chi connectivity index (χ4v) is 4.76. The van der Waals surface area contributed by atoms with Gasteiger partial charge < -0.3 is 4.74 Å². The summed E-state index contributed by atoms with van der Waals surface area (Å²) in [6.07, 6.45) is 3.42. The maximum absolute atomic E-state index is 12.3. The molecule has 2 heterocycles. The number of sulfonamides is 1. The topological polar surface area (TPSA) is 80.8 Å². The molecule has 0 atom stereocenters. The van der Waals surface area contributed by atoms with Crippen LogP contribution in [-0.4, -0.2) is 39.6 Å². The zero-order valence-electron chi connectivity index (χ0n) is 15.0. The summed E-state index contributed by atoms with van der Waals surface area (Å²) in [6.45, 7) is 0.137. The molecule has 0 amide bonds. The number of carbonyl (C=O) groups is 2. The molecule has 0 radical (unpaired) electrons. The molecule has 0 N–H and O–H groups in total. The van der Waals surface area contributed by atoms with Gasteiger partial charge in [0.15, 0.2) is 12.4 Å². The highest BCUT2D eigenvalue weighted by Gasteiger charge is 2.24. The third-order valence-corrected chi connectivity index (χ3v) is 6.35. The first-order chi connectivity index (χ1) is 12.8. The van der Waals surface area contributed by atoms with E-state index in [9.17, 15) is 18.0 Å². The van der Waals surface area contributed by atoms with Crippen LogP contribution < -0.4 is 4.31 Å². The smallest absolute Gasteiger partial charge is 0.306 e. The first-order valence-corrected chi connectivity index (χ1v) is 11.4. The molecule has 6 nitrogen and oxygen atoms in total. The minimum absolute atomic E-state index is 0.234. The van der Waals surface area contributed by atoms with E-state index < -0.39 is 16.0 Å². The normalized spacial score (nSPS) is 13.9. The summed E-state index contributed by atoms with van der Waals surface area (Å²) in [5.74, 6) is -0.700. The summed E-state index contributed by atoms with van der Waals surface area (Å²) in [4.78, 5) is 24.2. The lowest BCUT2D eigenvalue weighted by molar-refractivity contribution is -0.142. The van der Waals surface area contributed by atoms with Crippen molar-refractivity contribution in [3.63, 3.8) is 0 Å². The van der Waals surface area contributed by atoms with Crippen molar-refractivity contribution in [3.05, 3.63) is 51.7 Å². The van der Waals surface area contributed by atoms with Crippen LogP contribution in [0.4, 0.5) is 5.69 Å². The van der Waals surface area contributed by atoms with Crippen LogP contribution in [0.1, 0.15) is 34.3 Å². The van der Waals surface area contributed by atoms with Crippen molar-refractivity contribution in [2.24, 2.45) is 0 Å². The number of carbonyl (C=O) groups excluding carboxylic acids is 2. The van der Waals surface area contributed by atoms with Crippen molar-refractivity contribution in [1.29, 1.82) is 0 Å². The number of ketones is 1. The fraction of sp³-hybridized carbons (Fsp3) is 0.368. The fourth-order valence-electron chi connectivity index (χ4n) is 3.06. The van der Waals surface area contributed by atoms with Gasteiger partial charge in [-0.1, -0.05) is 0 Å². The van der Waals surface area contributed by atoms with Crippen LogP contribution in [-0.2, 0) is 32.4 Å². The summed E-state index contributed by atoms with van der Waals surface area (Å²) in [6, 6.07) is 6.90. The predicted molar refractivity (Wildman–Crippen MR) is 105 cm³/mol. The highest BCUT2D eigenvalue weighted by atomic mass is 32.2. The van der Waals surface area contributed by atoms with E-state index in [0.717, 1.165) is 11.1 Å². The van der Waals surface area contributed by atoms with Crippen LogP contribution in [0.2, 0.25) is 0 Å². The Morgan fingerprint density at radius 1 is 1.26 bits per heavy atom. The molecule has 0 fully saturated rings. The maximum Gasteiger partial charge on any atom is 0.306 e. The summed E-state index contributed by atoms with van der Waals surface area (Å²) >= 11 is 1.57. The van der Waals surface area contributed by atoms with Gasteiger partial charge in [0.05, 0.1) is 11.9 Å². The summed E-state index contributed by atoms with van der Waals surface area (Å²) in [5, 5.41) is 3.93. The molecule has 0 bridgehead atoms. The van der Waals surface area contributed by atoms with Crippen LogP contribution in [0.15, 0.2) is 35.0 Å². The van der Waals surface area contributed by atoms with Gasteiger partial charge >= 0.3 is 5.97 Å². The van der Waals surface area contributed by atoms with Crippen molar-refractivity contribution < 1.29 is 22.7 Å². The Morgan fingerprint density at radius 3 is 2.78 bits per heavy atom. The molecule has 1 aliphatic heterocycles. The molecular formula is C19H21NO5S2. The Bertz CT molecular complexity index is 935. The summed E-state index contributed by atoms with van der Waals surface area (Å²) in [7, 11) is -3.34. The molecule has 0 unspecified atom stereocenters. The third-order valence-electron chi connectivity index (χ3n) is 4.44. The van der Waals surface area contributed by atoms with Gasteiger partial charge in [0, 0.05) is 18.5 Å². The Labute approximate surface area is 162 Å². The van der Waals surface area contributed by atoms with E-state index in [1.807, 2.05) is 16.8 Å². The summed E-state index contributed by atoms with van der Waals surface area (Å²) in [5.41, 5.74) is 2.94. The number of benzene rings is 1. The molecule has 0 aliphatic carbocycles. The minimum Gasteiger partial charge on any atom is -0.457 e. The van der Waals surface area contributed by atoms with Crippen molar-refractivity contribution >= 4 is 38.8 Å². The van der Waals surface area contributed by atoms with E-state index >= 15 is 0 Å². The Balaban J connectivity index is 1.60. The van der Waals surface area contributed by atoms with Gasteiger partial charge in [0.2, 0.25) is 10.0 Å².